The normalized spacial score (nSPS) is 10.0. The molecule has 40 valence electrons. The van der Waals surface area contributed by atoms with Gasteiger partial charge in [0.25, 0.3) is 0 Å². The van der Waals surface area contributed by atoms with Gasteiger partial charge in [0.2, 0.25) is 0 Å². The summed E-state index contributed by atoms with van der Waals surface area (Å²) in [6, 6.07) is 0. The van der Waals surface area contributed by atoms with E-state index >= 15 is 0 Å². The molecule has 0 radical (unpaired) electrons. The first-order chi connectivity index (χ1) is 2.00. The van der Waals surface area contributed by atoms with E-state index in [0.29, 0.717) is 0 Å². The Kier molecular flexibility index (Phi) is 4.82. The Morgan fingerprint density at radius 1 is 0.833 bits per heavy atom. The van der Waals surface area contributed by atoms with Gasteiger partial charge >= 0.3 is 33.2 Å². The topological polar surface area (TPSA) is 0 Å². The van der Waals surface area contributed by atoms with Crippen LogP contribution in [0, 0.1) is 0 Å². The molecule has 0 unspecified atom stereocenters. The van der Waals surface area contributed by atoms with Crippen molar-refractivity contribution in [1.82, 2.24) is 0 Å². The molecular formula is H4F4SiZr. The van der Waals surface area contributed by atoms with Crippen LogP contribution >= 0.6 is 0 Å². The van der Waals surface area contributed by atoms with E-state index < -0.39 is 22.7 Å². The molecular weight excluding hydrogens is 195 g/mol. The molecule has 0 amide bonds. The molecule has 0 heterocycles. The second kappa shape index (κ2) is 2.91. The fraction of sp³-hybridized carbons (Fsp3) is 0. The largest absolute Gasteiger partial charge is 0.0149 e. The minimum absolute atomic E-state index is 0. The Balaban J connectivity index is 0. The van der Waals surface area contributed by atoms with Gasteiger partial charge in [-0.15, -0.1) is 0 Å². The van der Waals surface area contributed by atoms with Crippen molar-refractivity contribution < 1.29 is 33.2 Å². The van der Waals surface area contributed by atoms with Crippen LogP contribution in [0.1, 0.15) is 0 Å². The van der Waals surface area contributed by atoms with Gasteiger partial charge in [-0.2, -0.15) is 0 Å². The molecule has 0 rings (SSSR count). The zero-order valence-electron chi connectivity index (χ0n) is 2.01. The number of hydrogen-bond donors (Lipinski definition) is 0. The van der Waals surface area contributed by atoms with Gasteiger partial charge < -0.3 is 0 Å². The van der Waals surface area contributed by atoms with Crippen molar-refractivity contribution in [3.05, 3.63) is 0 Å². The van der Waals surface area contributed by atoms with E-state index in [0.717, 1.165) is 0 Å². The van der Waals surface area contributed by atoms with Crippen molar-refractivity contribution in [3.63, 3.8) is 0 Å². The van der Waals surface area contributed by atoms with Gasteiger partial charge in [0, 0.05) is 0 Å². The molecule has 6 heteroatoms. The predicted octanol–water partition coefficient (Wildman–Crippen LogP) is 0.227. The zero-order valence-corrected chi connectivity index (χ0v) is 4.47. The van der Waals surface area contributed by atoms with Crippen molar-refractivity contribution in [3.8, 4) is 0 Å². The molecule has 6 heavy (non-hydrogen) atoms. The molecule has 0 spiro atoms. The first kappa shape index (κ1) is 9.94. The third-order valence-corrected chi connectivity index (χ3v) is 0. The quantitative estimate of drug-likeness (QED) is 0.387. The van der Waals surface area contributed by atoms with Crippen LogP contribution in [0.4, 0.5) is 10.5 Å². The van der Waals surface area contributed by atoms with Crippen molar-refractivity contribution in [2.45, 2.75) is 0 Å². The van der Waals surface area contributed by atoms with E-state index in [1.807, 2.05) is 0 Å². The van der Waals surface area contributed by atoms with Crippen LogP contribution in [0.2, 0.25) is 0 Å². The van der Waals surface area contributed by atoms with E-state index in [1.54, 1.807) is 0 Å². The van der Waals surface area contributed by atoms with Crippen molar-refractivity contribution >= 4 is 11.0 Å². The number of halogens is 4. The molecule has 0 nitrogen and oxygen atoms in total. The maximum absolute atomic E-state index is 9.90. The Morgan fingerprint density at radius 3 is 0.833 bits per heavy atom. The molecule has 0 aromatic heterocycles. The van der Waals surface area contributed by atoms with Crippen LogP contribution in [-0.2, 0) is 22.7 Å². The van der Waals surface area contributed by atoms with E-state index in [2.05, 4.69) is 0 Å². The average Bonchev–Trinajstić information content (AvgIpc) is 0.722. The summed E-state index contributed by atoms with van der Waals surface area (Å²) in [5.74, 6) is 0. The van der Waals surface area contributed by atoms with Crippen molar-refractivity contribution in [2.75, 3.05) is 0 Å². The van der Waals surface area contributed by atoms with Gasteiger partial charge in [0.15, 0.2) is 0 Å². The Hall–Kier alpha value is 0.820. The SMILES string of the molecule is [F][Zr]([F])([F])[F].[SiH4]. The van der Waals surface area contributed by atoms with Crippen LogP contribution < -0.4 is 0 Å². The molecule has 0 aliphatic carbocycles. The van der Waals surface area contributed by atoms with Crippen LogP contribution in [0.15, 0.2) is 0 Å². The summed E-state index contributed by atoms with van der Waals surface area (Å²) in [6.45, 7) is 0. The summed E-state index contributed by atoms with van der Waals surface area (Å²) < 4.78 is 39.6. The molecule has 0 fully saturated rings. The first-order valence-corrected chi connectivity index (χ1v) is 4.47. The van der Waals surface area contributed by atoms with Crippen LogP contribution in [0.3, 0.4) is 0 Å². The molecule has 0 aromatic rings. The van der Waals surface area contributed by atoms with Crippen LogP contribution in [0.5, 0.6) is 0 Å². The van der Waals surface area contributed by atoms with E-state index in [9.17, 15) is 10.5 Å². The first-order valence-electron chi connectivity index (χ1n) is 0.756. The summed E-state index contributed by atoms with van der Waals surface area (Å²) in [5.41, 5.74) is 0. The van der Waals surface area contributed by atoms with Crippen LogP contribution in [0.25, 0.3) is 0 Å². The summed E-state index contributed by atoms with van der Waals surface area (Å²) in [5, 5.41) is 0. The van der Waals surface area contributed by atoms with E-state index in [-0.39, 0.29) is 11.0 Å². The number of hydrogen-bond acceptors (Lipinski definition) is 0. The summed E-state index contributed by atoms with van der Waals surface area (Å²) in [7, 11) is 0. The second-order valence-electron chi connectivity index (χ2n) is 0.429. The Bertz CT molecular complexity index is 23.0. The fourth-order valence-corrected chi connectivity index (χ4v) is 0. The predicted molar refractivity (Wildman–Crippen MR) is 15.8 cm³/mol. The molecule has 0 bridgehead atoms. The van der Waals surface area contributed by atoms with Gasteiger partial charge in [0.05, 0.1) is 0 Å². The van der Waals surface area contributed by atoms with Crippen LogP contribution in [-0.4, -0.2) is 11.0 Å². The third-order valence-electron chi connectivity index (χ3n) is 0. The average molecular weight is 199 g/mol. The second-order valence-corrected chi connectivity index (χ2v) is 2.54. The van der Waals surface area contributed by atoms with Gasteiger partial charge in [-0.1, -0.05) is 0 Å². The van der Waals surface area contributed by atoms with Gasteiger partial charge in [-0.25, -0.2) is 0 Å². The molecule has 0 atom stereocenters. The summed E-state index contributed by atoms with van der Waals surface area (Å²) in [4.78, 5) is 0. The molecule has 0 aromatic carbocycles. The maximum atomic E-state index is 9.90. The van der Waals surface area contributed by atoms with Gasteiger partial charge in [-0.3, -0.25) is 0 Å². The molecule has 0 N–H and O–H groups in total. The van der Waals surface area contributed by atoms with Gasteiger partial charge in [-0.05, 0) is 11.0 Å². The Labute approximate surface area is 44.5 Å². The molecule has 0 saturated heterocycles. The molecule has 0 aliphatic heterocycles. The smallest absolute Gasteiger partial charge is 0.0149 e. The molecule has 0 aliphatic rings. The number of rotatable bonds is 0. The van der Waals surface area contributed by atoms with Crippen molar-refractivity contribution in [2.24, 2.45) is 0 Å². The zero-order chi connectivity index (χ0) is 4.50. The summed E-state index contributed by atoms with van der Waals surface area (Å²) >= 11 is -7.18. The maximum Gasteiger partial charge on any atom is -0.0149 e. The standard InChI is InChI=1S/4FH.H4Si.Zr/h4*1H;1H4;/q;;;;;+4/p-4. The third kappa shape index (κ3) is 105. The van der Waals surface area contributed by atoms with E-state index in [4.69, 9.17) is 0 Å². The minimum atomic E-state index is -7.18. The Morgan fingerprint density at radius 2 is 0.833 bits per heavy atom. The van der Waals surface area contributed by atoms with E-state index in [1.165, 1.54) is 0 Å². The van der Waals surface area contributed by atoms with Gasteiger partial charge in [0.1, 0.15) is 0 Å². The monoisotopic (exact) mass is 198 g/mol. The fourth-order valence-electron chi connectivity index (χ4n) is 0. The minimum Gasteiger partial charge on any atom is -0.0149 e. The molecule has 0 saturated carbocycles. The summed E-state index contributed by atoms with van der Waals surface area (Å²) in [6.07, 6.45) is 0. The van der Waals surface area contributed by atoms with Crippen molar-refractivity contribution in [1.29, 1.82) is 0 Å².